The van der Waals surface area contributed by atoms with Crippen LogP contribution in [0.15, 0.2) is 30.3 Å². The number of hydrogen-bond donors (Lipinski definition) is 1. The third-order valence-electron chi connectivity index (χ3n) is 6.18. The van der Waals surface area contributed by atoms with Crippen LogP contribution < -0.4 is 10.1 Å². The van der Waals surface area contributed by atoms with Gasteiger partial charge in [-0.3, -0.25) is 9.59 Å². The fourth-order valence-electron chi connectivity index (χ4n) is 4.20. The average molecular weight is 356 g/mol. The number of nitrogens with zero attached hydrogens (tertiary/aromatic N) is 1. The molecule has 0 radical (unpaired) electrons. The van der Waals surface area contributed by atoms with E-state index in [0.717, 1.165) is 31.4 Å². The molecule has 3 fully saturated rings. The molecule has 1 heterocycles. The second-order valence-electron chi connectivity index (χ2n) is 8.20. The SMILES string of the molecule is O=C(NCC1(COc2ccccc2)CC1)[C@@H]1CC(=O)N(C2CCCC2)C1. The molecule has 2 amide bonds. The molecule has 5 nitrogen and oxygen atoms in total. The summed E-state index contributed by atoms with van der Waals surface area (Å²) in [5, 5.41) is 3.10. The predicted molar refractivity (Wildman–Crippen MR) is 98.7 cm³/mol. The number of para-hydroxylation sites is 1. The quantitative estimate of drug-likeness (QED) is 0.817. The van der Waals surface area contributed by atoms with Gasteiger partial charge in [0.25, 0.3) is 0 Å². The Bertz CT molecular complexity index is 650. The van der Waals surface area contributed by atoms with Gasteiger partial charge in [-0.25, -0.2) is 0 Å². The highest BCUT2D eigenvalue weighted by Gasteiger charge is 2.45. The first-order valence-electron chi connectivity index (χ1n) is 9.90. The molecule has 1 aliphatic heterocycles. The van der Waals surface area contributed by atoms with Gasteiger partial charge in [-0.2, -0.15) is 0 Å². The van der Waals surface area contributed by atoms with Crippen molar-refractivity contribution in [2.45, 2.75) is 51.0 Å². The molecule has 140 valence electrons. The van der Waals surface area contributed by atoms with Gasteiger partial charge in [0.2, 0.25) is 11.8 Å². The maximum Gasteiger partial charge on any atom is 0.225 e. The number of hydrogen-bond acceptors (Lipinski definition) is 3. The number of benzene rings is 1. The van der Waals surface area contributed by atoms with E-state index in [1.54, 1.807) is 0 Å². The number of nitrogens with one attached hydrogen (secondary N) is 1. The molecule has 1 atom stereocenters. The van der Waals surface area contributed by atoms with Crippen LogP contribution in [-0.4, -0.2) is 42.5 Å². The fraction of sp³-hybridized carbons (Fsp3) is 0.619. The highest BCUT2D eigenvalue weighted by Crippen LogP contribution is 2.45. The fourth-order valence-corrected chi connectivity index (χ4v) is 4.20. The molecule has 26 heavy (non-hydrogen) atoms. The predicted octanol–water partition coefficient (Wildman–Crippen LogP) is 2.75. The molecule has 0 aromatic heterocycles. The lowest BCUT2D eigenvalue weighted by Crippen LogP contribution is -2.39. The number of carbonyl (C=O) groups excluding carboxylic acids is 2. The van der Waals surface area contributed by atoms with Gasteiger partial charge in [-0.15, -0.1) is 0 Å². The van der Waals surface area contributed by atoms with Crippen LogP contribution in [-0.2, 0) is 9.59 Å². The second-order valence-corrected chi connectivity index (χ2v) is 8.20. The second kappa shape index (κ2) is 7.29. The highest BCUT2D eigenvalue weighted by atomic mass is 16.5. The molecule has 5 heteroatoms. The van der Waals surface area contributed by atoms with Crippen LogP contribution >= 0.6 is 0 Å². The zero-order valence-electron chi connectivity index (χ0n) is 15.3. The van der Waals surface area contributed by atoms with Gasteiger partial charge in [0.05, 0.1) is 12.5 Å². The Kier molecular flexibility index (Phi) is 4.88. The molecule has 1 aromatic rings. The summed E-state index contributed by atoms with van der Waals surface area (Å²) in [7, 11) is 0. The van der Waals surface area contributed by atoms with E-state index in [2.05, 4.69) is 5.32 Å². The van der Waals surface area contributed by atoms with E-state index >= 15 is 0 Å². The van der Waals surface area contributed by atoms with Gasteiger partial charge in [0.1, 0.15) is 5.75 Å². The van der Waals surface area contributed by atoms with Crippen molar-refractivity contribution in [1.29, 1.82) is 0 Å². The van der Waals surface area contributed by atoms with Crippen LogP contribution in [0.3, 0.4) is 0 Å². The molecule has 2 aliphatic carbocycles. The first kappa shape index (κ1) is 17.4. The lowest BCUT2D eigenvalue weighted by Gasteiger charge is -2.24. The van der Waals surface area contributed by atoms with Crippen LogP contribution in [0.4, 0.5) is 0 Å². The summed E-state index contributed by atoms with van der Waals surface area (Å²) in [6.45, 7) is 1.88. The minimum Gasteiger partial charge on any atom is -0.493 e. The van der Waals surface area contributed by atoms with E-state index in [1.165, 1.54) is 12.8 Å². The summed E-state index contributed by atoms with van der Waals surface area (Å²) in [6, 6.07) is 10.2. The molecule has 4 rings (SSSR count). The Labute approximate surface area is 155 Å². The number of ether oxygens (including phenoxy) is 1. The molecular weight excluding hydrogens is 328 g/mol. The number of likely N-dealkylation sites (tertiary alicyclic amines) is 1. The highest BCUT2D eigenvalue weighted by molar-refractivity contribution is 5.89. The van der Waals surface area contributed by atoms with Crippen molar-refractivity contribution in [2.75, 3.05) is 19.7 Å². The molecule has 0 unspecified atom stereocenters. The van der Waals surface area contributed by atoms with Crippen LogP contribution in [0.2, 0.25) is 0 Å². The van der Waals surface area contributed by atoms with Crippen molar-refractivity contribution in [1.82, 2.24) is 10.2 Å². The summed E-state index contributed by atoms with van der Waals surface area (Å²) in [6.07, 6.45) is 7.14. The van der Waals surface area contributed by atoms with Crippen molar-refractivity contribution in [2.24, 2.45) is 11.3 Å². The Hall–Kier alpha value is -2.04. The van der Waals surface area contributed by atoms with E-state index < -0.39 is 0 Å². The summed E-state index contributed by atoms with van der Waals surface area (Å²) < 4.78 is 5.88. The van der Waals surface area contributed by atoms with Crippen LogP contribution in [0, 0.1) is 11.3 Å². The molecule has 3 aliphatic rings. The van der Waals surface area contributed by atoms with E-state index in [4.69, 9.17) is 4.74 Å². The minimum absolute atomic E-state index is 0.0323. The van der Waals surface area contributed by atoms with Crippen molar-refractivity contribution in [3.63, 3.8) is 0 Å². The minimum atomic E-state index is -0.186. The monoisotopic (exact) mass is 356 g/mol. The number of rotatable bonds is 7. The first-order valence-corrected chi connectivity index (χ1v) is 9.90. The van der Waals surface area contributed by atoms with Gasteiger partial charge in [-0.05, 0) is 37.8 Å². The molecule has 0 spiro atoms. The van der Waals surface area contributed by atoms with Crippen LogP contribution in [0.5, 0.6) is 5.75 Å². The van der Waals surface area contributed by atoms with E-state index in [9.17, 15) is 9.59 Å². The van der Waals surface area contributed by atoms with Gasteiger partial charge in [-0.1, -0.05) is 31.0 Å². The topological polar surface area (TPSA) is 58.6 Å². The number of amides is 2. The van der Waals surface area contributed by atoms with Gasteiger partial charge < -0.3 is 15.0 Å². The molecular formula is C21H28N2O3. The standard InChI is InChI=1S/C21H28N2O3/c24-19-12-16(13-23(19)17-6-4-5-7-17)20(25)22-14-21(10-11-21)15-26-18-8-2-1-3-9-18/h1-3,8-9,16-17H,4-7,10-15H2,(H,22,25)/t16-/m1/s1. The van der Waals surface area contributed by atoms with Crippen molar-refractivity contribution >= 4 is 11.8 Å². The number of carbonyl (C=O) groups is 2. The summed E-state index contributed by atoms with van der Waals surface area (Å²) >= 11 is 0. The Balaban J connectivity index is 1.24. The van der Waals surface area contributed by atoms with E-state index in [1.807, 2.05) is 35.2 Å². The zero-order chi connectivity index (χ0) is 18.0. The maximum atomic E-state index is 12.6. The van der Waals surface area contributed by atoms with Crippen LogP contribution in [0.1, 0.15) is 44.9 Å². The molecule has 1 saturated heterocycles. The normalized spacial score (nSPS) is 24.7. The smallest absolute Gasteiger partial charge is 0.225 e. The molecule has 1 aromatic carbocycles. The third kappa shape index (κ3) is 3.87. The van der Waals surface area contributed by atoms with Crippen LogP contribution in [0.25, 0.3) is 0 Å². The lowest BCUT2D eigenvalue weighted by atomic mass is 10.1. The van der Waals surface area contributed by atoms with E-state index in [-0.39, 0.29) is 23.1 Å². The van der Waals surface area contributed by atoms with Crippen molar-refractivity contribution in [3.05, 3.63) is 30.3 Å². The summed E-state index contributed by atoms with van der Waals surface area (Å²) in [5.41, 5.74) is 0.0687. The van der Waals surface area contributed by atoms with Gasteiger partial charge >= 0.3 is 0 Å². The van der Waals surface area contributed by atoms with Crippen molar-refractivity contribution in [3.8, 4) is 5.75 Å². The maximum absolute atomic E-state index is 12.6. The average Bonchev–Trinajstić information content (AvgIpc) is 3.04. The zero-order valence-corrected chi connectivity index (χ0v) is 15.3. The van der Waals surface area contributed by atoms with Gasteiger partial charge in [0.15, 0.2) is 0 Å². The van der Waals surface area contributed by atoms with Gasteiger partial charge in [0, 0.05) is 31.0 Å². The first-order chi connectivity index (χ1) is 12.7. The summed E-state index contributed by atoms with van der Waals surface area (Å²) in [5.74, 6) is 0.878. The molecule has 1 N–H and O–H groups in total. The lowest BCUT2D eigenvalue weighted by molar-refractivity contribution is -0.130. The summed E-state index contributed by atoms with van der Waals surface area (Å²) in [4.78, 5) is 26.8. The molecule has 0 bridgehead atoms. The van der Waals surface area contributed by atoms with E-state index in [0.29, 0.717) is 32.2 Å². The molecule has 2 saturated carbocycles. The third-order valence-corrected chi connectivity index (χ3v) is 6.18. The Morgan fingerprint density at radius 3 is 2.62 bits per heavy atom. The Morgan fingerprint density at radius 2 is 1.92 bits per heavy atom. The Morgan fingerprint density at radius 1 is 1.19 bits per heavy atom. The van der Waals surface area contributed by atoms with Crippen molar-refractivity contribution < 1.29 is 14.3 Å². The largest absolute Gasteiger partial charge is 0.493 e.